The Morgan fingerprint density at radius 3 is 2.32 bits per heavy atom. The molecular weight excluding hydrogens is 267 g/mol. The molecule has 0 fully saturated rings. The first-order valence-corrected chi connectivity index (χ1v) is 4.88. The summed E-state index contributed by atoms with van der Waals surface area (Å²) in [7, 11) is 0. The number of rotatable bonds is 1. The molecule has 0 unspecified atom stereocenters. The molecule has 0 atom stereocenters. The number of pyridine rings is 1. The number of nitrogens with zero attached hydrogens (tertiary/aromatic N) is 1. The van der Waals surface area contributed by atoms with Crippen LogP contribution in [0.5, 0.6) is 11.6 Å². The van der Waals surface area contributed by atoms with Gasteiger partial charge < -0.3 is 15.3 Å². The van der Waals surface area contributed by atoms with E-state index in [4.69, 9.17) is 5.11 Å². The predicted molar refractivity (Wildman–Crippen MR) is 57.0 cm³/mol. The standard InChI is InChI=1S/C11H6F3NO4/c12-11(13,14)4-1-2-5-6(3-4)9(17)15-7(8(5)16)10(18)19/h1-3,16H,(H,15,17)(H,18,19). The molecule has 0 aliphatic heterocycles. The molecule has 2 rings (SSSR count). The Morgan fingerprint density at radius 2 is 1.79 bits per heavy atom. The highest BCUT2D eigenvalue weighted by atomic mass is 19.4. The van der Waals surface area contributed by atoms with Crippen molar-refractivity contribution in [3.63, 3.8) is 0 Å². The first-order chi connectivity index (χ1) is 8.71. The normalized spacial score (nSPS) is 11.7. The van der Waals surface area contributed by atoms with Gasteiger partial charge in [-0.15, -0.1) is 0 Å². The Hall–Kier alpha value is -2.51. The van der Waals surface area contributed by atoms with Gasteiger partial charge >= 0.3 is 12.1 Å². The predicted octanol–water partition coefficient (Wildman–Crippen LogP) is 2.36. The van der Waals surface area contributed by atoms with Crippen LogP contribution < -0.4 is 0 Å². The number of carboxylic acid groups (broad SMARTS) is 1. The number of carboxylic acids is 1. The maximum Gasteiger partial charge on any atom is 0.416 e. The molecule has 0 aliphatic carbocycles. The molecule has 0 radical (unpaired) electrons. The summed E-state index contributed by atoms with van der Waals surface area (Å²) < 4.78 is 37.5. The zero-order valence-electron chi connectivity index (χ0n) is 9.06. The van der Waals surface area contributed by atoms with Crippen molar-refractivity contribution in [3.05, 3.63) is 29.5 Å². The lowest BCUT2D eigenvalue weighted by Crippen LogP contribution is -2.05. The average Bonchev–Trinajstić information content (AvgIpc) is 2.31. The summed E-state index contributed by atoms with van der Waals surface area (Å²) in [6.45, 7) is 0. The number of carbonyl (C=O) groups is 1. The molecule has 0 aliphatic rings. The molecule has 0 saturated carbocycles. The number of aromatic nitrogens is 1. The van der Waals surface area contributed by atoms with Gasteiger partial charge in [-0.05, 0) is 18.2 Å². The van der Waals surface area contributed by atoms with Gasteiger partial charge in [0.25, 0.3) is 0 Å². The first kappa shape index (κ1) is 12.9. The topological polar surface area (TPSA) is 90.7 Å². The number of fused-ring (bicyclic) bond motifs is 1. The van der Waals surface area contributed by atoms with Crippen molar-refractivity contribution in [2.45, 2.75) is 6.18 Å². The van der Waals surface area contributed by atoms with Crippen LogP contribution in [0, 0.1) is 0 Å². The summed E-state index contributed by atoms with van der Waals surface area (Å²) in [4.78, 5) is 13.9. The molecule has 1 aromatic carbocycles. The summed E-state index contributed by atoms with van der Waals surface area (Å²) in [5, 5.41) is 27.2. The molecule has 1 heterocycles. The molecule has 8 heteroatoms. The number of halogens is 3. The molecule has 1 aromatic heterocycles. The summed E-state index contributed by atoms with van der Waals surface area (Å²) in [5.74, 6) is -3.29. The largest absolute Gasteiger partial charge is 0.505 e. The lowest BCUT2D eigenvalue weighted by molar-refractivity contribution is -0.137. The number of benzene rings is 1. The van der Waals surface area contributed by atoms with Crippen molar-refractivity contribution >= 4 is 16.7 Å². The second kappa shape index (κ2) is 4.01. The van der Waals surface area contributed by atoms with Gasteiger partial charge in [-0.2, -0.15) is 13.2 Å². The van der Waals surface area contributed by atoms with Crippen LogP contribution in [0.25, 0.3) is 10.8 Å². The molecule has 0 spiro atoms. The van der Waals surface area contributed by atoms with Crippen molar-refractivity contribution in [1.29, 1.82) is 0 Å². The van der Waals surface area contributed by atoms with Crippen molar-refractivity contribution in [2.24, 2.45) is 0 Å². The molecule has 5 nitrogen and oxygen atoms in total. The minimum Gasteiger partial charge on any atom is -0.505 e. The van der Waals surface area contributed by atoms with Gasteiger partial charge in [0.2, 0.25) is 5.88 Å². The Bertz CT molecular complexity index is 682. The van der Waals surface area contributed by atoms with Gasteiger partial charge in [0.1, 0.15) is 0 Å². The number of alkyl halides is 3. The van der Waals surface area contributed by atoms with Crippen molar-refractivity contribution in [1.82, 2.24) is 4.98 Å². The molecule has 2 aromatic rings. The quantitative estimate of drug-likeness (QED) is 0.742. The Balaban J connectivity index is 2.80. The van der Waals surface area contributed by atoms with Crippen LogP contribution in [0.3, 0.4) is 0 Å². The van der Waals surface area contributed by atoms with Crippen LogP contribution >= 0.6 is 0 Å². The van der Waals surface area contributed by atoms with E-state index in [2.05, 4.69) is 4.98 Å². The minimum atomic E-state index is -4.62. The van der Waals surface area contributed by atoms with E-state index in [9.17, 15) is 28.2 Å². The summed E-state index contributed by atoms with van der Waals surface area (Å²) in [6.07, 6.45) is -4.62. The highest BCUT2D eigenvalue weighted by Gasteiger charge is 2.31. The lowest BCUT2D eigenvalue weighted by atomic mass is 10.1. The van der Waals surface area contributed by atoms with E-state index in [-0.39, 0.29) is 10.8 Å². The van der Waals surface area contributed by atoms with Crippen LogP contribution in [0.15, 0.2) is 18.2 Å². The monoisotopic (exact) mass is 273 g/mol. The van der Waals surface area contributed by atoms with Crippen LogP contribution in [-0.2, 0) is 6.18 Å². The third kappa shape index (κ3) is 2.12. The van der Waals surface area contributed by atoms with E-state index in [0.717, 1.165) is 6.07 Å². The van der Waals surface area contributed by atoms with Gasteiger partial charge in [-0.3, -0.25) is 0 Å². The Morgan fingerprint density at radius 1 is 1.16 bits per heavy atom. The van der Waals surface area contributed by atoms with E-state index >= 15 is 0 Å². The Labute approximate surface area is 103 Å². The van der Waals surface area contributed by atoms with Crippen LogP contribution in [0.1, 0.15) is 16.1 Å². The molecule has 0 saturated heterocycles. The minimum absolute atomic E-state index is 0.224. The van der Waals surface area contributed by atoms with Gasteiger partial charge in [0, 0.05) is 10.8 Å². The third-order valence-electron chi connectivity index (χ3n) is 2.49. The van der Waals surface area contributed by atoms with E-state index in [1.54, 1.807) is 0 Å². The molecule has 0 amide bonds. The van der Waals surface area contributed by atoms with E-state index in [1.807, 2.05) is 0 Å². The van der Waals surface area contributed by atoms with Gasteiger partial charge in [0.15, 0.2) is 11.4 Å². The van der Waals surface area contributed by atoms with Gasteiger partial charge in [-0.25, -0.2) is 9.78 Å². The lowest BCUT2D eigenvalue weighted by Gasteiger charge is -2.10. The summed E-state index contributed by atoms with van der Waals surface area (Å²) in [6, 6.07) is 2.14. The first-order valence-electron chi connectivity index (χ1n) is 4.88. The number of hydrogen-bond donors (Lipinski definition) is 3. The second-order valence-electron chi connectivity index (χ2n) is 3.70. The molecule has 0 bridgehead atoms. The van der Waals surface area contributed by atoms with E-state index in [0.29, 0.717) is 12.1 Å². The summed E-state index contributed by atoms with van der Waals surface area (Å²) in [5.41, 5.74) is -1.87. The molecule has 100 valence electrons. The zero-order valence-corrected chi connectivity index (χ0v) is 9.06. The fraction of sp³-hybridized carbons (Fsp3) is 0.0909. The van der Waals surface area contributed by atoms with Crippen LogP contribution in [0.2, 0.25) is 0 Å². The maximum atomic E-state index is 12.5. The highest BCUT2D eigenvalue weighted by Crippen LogP contribution is 2.37. The van der Waals surface area contributed by atoms with Crippen molar-refractivity contribution < 1.29 is 33.3 Å². The third-order valence-corrected chi connectivity index (χ3v) is 2.49. The number of aromatic carboxylic acids is 1. The smallest absolute Gasteiger partial charge is 0.416 e. The highest BCUT2D eigenvalue weighted by molar-refractivity contribution is 6.00. The Kier molecular flexibility index (Phi) is 2.73. The van der Waals surface area contributed by atoms with Gasteiger partial charge in [0.05, 0.1) is 5.56 Å². The van der Waals surface area contributed by atoms with Gasteiger partial charge in [-0.1, -0.05) is 0 Å². The fourth-order valence-electron chi connectivity index (χ4n) is 1.61. The molecule has 19 heavy (non-hydrogen) atoms. The maximum absolute atomic E-state index is 12.5. The van der Waals surface area contributed by atoms with Crippen LogP contribution in [-0.4, -0.2) is 26.3 Å². The van der Waals surface area contributed by atoms with E-state index in [1.165, 1.54) is 0 Å². The number of aromatic hydroxyl groups is 2. The van der Waals surface area contributed by atoms with Crippen molar-refractivity contribution in [2.75, 3.05) is 0 Å². The number of hydrogen-bond acceptors (Lipinski definition) is 4. The fourth-order valence-corrected chi connectivity index (χ4v) is 1.61. The molecular formula is C11H6F3NO4. The summed E-state index contributed by atoms with van der Waals surface area (Å²) >= 11 is 0. The zero-order chi connectivity index (χ0) is 14.4. The van der Waals surface area contributed by atoms with E-state index < -0.39 is 35.0 Å². The SMILES string of the molecule is O=C(O)c1nc(O)c2cc(C(F)(F)F)ccc2c1O. The molecule has 3 N–H and O–H groups in total. The van der Waals surface area contributed by atoms with Crippen LogP contribution in [0.4, 0.5) is 13.2 Å². The average molecular weight is 273 g/mol. The van der Waals surface area contributed by atoms with Crippen molar-refractivity contribution in [3.8, 4) is 11.6 Å². The second-order valence-corrected chi connectivity index (χ2v) is 3.70.